The lowest BCUT2D eigenvalue weighted by Crippen LogP contribution is -2.13. The number of hydrogen-bond donors (Lipinski definition) is 2. The Morgan fingerprint density at radius 1 is 1.21 bits per heavy atom. The molecule has 1 aromatic rings. The van der Waals surface area contributed by atoms with E-state index in [4.69, 9.17) is 14.6 Å². The lowest BCUT2D eigenvalue weighted by Gasteiger charge is -2.20. The van der Waals surface area contributed by atoms with Crippen molar-refractivity contribution < 1.29 is 24.5 Å². The van der Waals surface area contributed by atoms with E-state index in [-0.39, 0.29) is 17.2 Å². The van der Waals surface area contributed by atoms with Crippen LogP contribution in [0.25, 0.3) is 0 Å². The van der Waals surface area contributed by atoms with Crippen LogP contribution in [0.4, 0.5) is 0 Å². The second-order valence-corrected chi connectivity index (χ2v) is 5.12. The summed E-state index contributed by atoms with van der Waals surface area (Å²) in [5.74, 6) is -0.383. The van der Waals surface area contributed by atoms with Gasteiger partial charge in [-0.15, -0.1) is 0 Å². The summed E-state index contributed by atoms with van der Waals surface area (Å²) in [5.41, 5.74) is 0.997. The monoisotopic (exact) mass is 332 g/mol. The van der Waals surface area contributed by atoms with Crippen molar-refractivity contribution >= 4 is 21.9 Å². The Bertz CT molecular complexity index is 484. The van der Waals surface area contributed by atoms with Crippen molar-refractivity contribution in [1.29, 1.82) is 0 Å². The normalized spacial score (nSPS) is 12.4. The molecule has 0 fully saturated rings. The molecule has 0 bridgehead atoms. The van der Waals surface area contributed by atoms with Crippen LogP contribution in [0.5, 0.6) is 11.5 Å². The fourth-order valence-corrected chi connectivity index (χ4v) is 2.62. The number of benzene rings is 1. The second-order valence-electron chi connectivity index (χ2n) is 4.33. The van der Waals surface area contributed by atoms with E-state index in [9.17, 15) is 9.90 Å². The van der Waals surface area contributed by atoms with Gasteiger partial charge in [0.2, 0.25) is 0 Å². The molecule has 1 rings (SSSR count). The van der Waals surface area contributed by atoms with E-state index in [1.54, 1.807) is 6.07 Å². The van der Waals surface area contributed by atoms with Gasteiger partial charge in [-0.25, -0.2) is 4.79 Å². The van der Waals surface area contributed by atoms with Crippen LogP contribution in [0.3, 0.4) is 0 Å². The lowest BCUT2D eigenvalue weighted by atomic mass is 9.96. The maximum Gasteiger partial charge on any atom is 0.337 e. The van der Waals surface area contributed by atoms with Gasteiger partial charge in [0.15, 0.2) is 6.10 Å². The van der Waals surface area contributed by atoms with Crippen molar-refractivity contribution in [2.75, 3.05) is 14.2 Å². The average molecular weight is 333 g/mol. The number of halogens is 1. The highest BCUT2D eigenvalue weighted by atomic mass is 79.9. The predicted octanol–water partition coefficient (Wildman–Crippen LogP) is 2.71. The Morgan fingerprint density at radius 2 is 1.68 bits per heavy atom. The van der Waals surface area contributed by atoms with E-state index in [0.29, 0.717) is 10.2 Å². The molecule has 0 aliphatic rings. The second kappa shape index (κ2) is 6.25. The van der Waals surface area contributed by atoms with Crippen molar-refractivity contribution in [2.24, 2.45) is 0 Å². The summed E-state index contributed by atoms with van der Waals surface area (Å²) in [4.78, 5) is 11.0. The Labute approximate surface area is 120 Å². The van der Waals surface area contributed by atoms with Crippen LogP contribution in [-0.2, 0) is 4.79 Å². The third-order valence-electron chi connectivity index (χ3n) is 2.79. The number of carbonyl (C=O) groups is 1. The molecule has 19 heavy (non-hydrogen) atoms. The quantitative estimate of drug-likeness (QED) is 0.866. The number of rotatable bonds is 5. The van der Waals surface area contributed by atoms with Gasteiger partial charge in [-0.05, 0) is 33.5 Å². The molecule has 0 aliphatic heterocycles. The molecular weight excluding hydrogens is 316 g/mol. The minimum absolute atomic E-state index is 0.108. The molecule has 106 valence electrons. The molecule has 5 nitrogen and oxygen atoms in total. The molecule has 0 saturated heterocycles. The van der Waals surface area contributed by atoms with E-state index in [1.807, 2.05) is 13.8 Å². The molecule has 0 saturated carbocycles. The number of carboxylic acid groups (broad SMARTS) is 1. The van der Waals surface area contributed by atoms with Gasteiger partial charge >= 0.3 is 5.97 Å². The molecule has 1 unspecified atom stereocenters. The average Bonchev–Trinajstić information content (AvgIpc) is 2.36. The first-order chi connectivity index (χ1) is 8.84. The fourth-order valence-electron chi connectivity index (χ4n) is 1.84. The third-order valence-corrected chi connectivity index (χ3v) is 3.51. The van der Waals surface area contributed by atoms with Crippen molar-refractivity contribution in [1.82, 2.24) is 0 Å². The van der Waals surface area contributed by atoms with Gasteiger partial charge in [0.25, 0.3) is 0 Å². The van der Waals surface area contributed by atoms with E-state index in [0.717, 1.165) is 5.56 Å². The number of ether oxygens (including phenoxy) is 2. The summed E-state index contributed by atoms with van der Waals surface area (Å²) in [6.07, 6.45) is -1.64. The van der Waals surface area contributed by atoms with Gasteiger partial charge in [-0.2, -0.15) is 0 Å². The van der Waals surface area contributed by atoms with E-state index in [2.05, 4.69) is 15.9 Å². The summed E-state index contributed by atoms with van der Waals surface area (Å²) >= 11 is 3.33. The fraction of sp³-hybridized carbons (Fsp3) is 0.462. The van der Waals surface area contributed by atoms with Gasteiger partial charge in [0, 0.05) is 5.56 Å². The van der Waals surface area contributed by atoms with Gasteiger partial charge in [0.05, 0.1) is 14.2 Å². The smallest absolute Gasteiger partial charge is 0.337 e. The highest BCUT2D eigenvalue weighted by Gasteiger charge is 2.27. The molecule has 0 spiro atoms. The van der Waals surface area contributed by atoms with E-state index < -0.39 is 12.1 Å². The number of carboxylic acids is 1. The molecule has 0 amide bonds. The Morgan fingerprint density at radius 3 is 2.05 bits per heavy atom. The largest absolute Gasteiger partial charge is 0.495 e. The number of hydrogen-bond acceptors (Lipinski definition) is 4. The SMILES string of the molecule is COc1c(C(C)C)cc(C(O)C(=O)O)c(OC)c1Br. The zero-order valence-electron chi connectivity index (χ0n) is 11.2. The highest BCUT2D eigenvalue weighted by Crippen LogP contribution is 2.44. The topological polar surface area (TPSA) is 76.0 Å². The molecule has 6 heteroatoms. The Kier molecular flexibility index (Phi) is 5.20. The van der Waals surface area contributed by atoms with Crippen LogP contribution in [0, 0.1) is 0 Å². The minimum atomic E-state index is -1.64. The highest BCUT2D eigenvalue weighted by molar-refractivity contribution is 9.10. The van der Waals surface area contributed by atoms with Crippen molar-refractivity contribution in [3.63, 3.8) is 0 Å². The van der Waals surface area contributed by atoms with E-state index >= 15 is 0 Å². The first kappa shape index (κ1) is 15.8. The van der Waals surface area contributed by atoms with Gasteiger partial charge in [-0.1, -0.05) is 13.8 Å². The number of methoxy groups -OCH3 is 2. The summed E-state index contributed by atoms with van der Waals surface area (Å²) < 4.78 is 11.0. The lowest BCUT2D eigenvalue weighted by molar-refractivity contribution is -0.147. The molecule has 0 radical (unpaired) electrons. The molecule has 0 heterocycles. The Balaban J connectivity index is 3.59. The standard InChI is InChI=1S/C13H17BrO5/c1-6(2)7-5-8(10(15)13(16)17)12(19-4)9(14)11(7)18-3/h5-6,10,15H,1-4H3,(H,16,17). The van der Waals surface area contributed by atoms with Crippen molar-refractivity contribution in [3.8, 4) is 11.5 Å². The maximum absolute atomic E-state index is 11.0. The molecule has 0 aromatic heterocycles. The summed E-state index contributed by atoms with van der Waals surface area (Å²) in [5, 5.41) is 18.7. The summed E-state index contributed by atoms with van der Waals surface area (Å²) in [6.45, 7) is 3.90. The zero-order valence-corrected chi connectivity index (χ0v) is 12.8. The molecule has 2 N–H and O–H groups in total. The Hall–Kier alpha value is -1.27. The molecule has 0 aliphatic carbocycles. The van der Waals surface area contributed by atoms with Crippen molar-refractivity contribution in [2.45, 2.75) is 25.9 Å². The van der Waals surface area contributed by atoms with Crippen LogP contribution in [0.15, 0.2) is 10.5 Å². The number of aliphatic hydroxyl groups is 1. The first-order valence-corrected chi connectivity index (χ1v) is 6.49. The summed E-state index contributed by atoms with van der Waals surface area (Å²) in [6, 6.07) is 1.60. The van der Waals surface area contributed by atoms with Crippen LogP contribution in [0.1, 0.15) is 37.0 Å². The van der Waals surface area contributed by atoms with Crippen LogP contribution < -0.4 is 9.47 Å². The molecular formula is C13H17BrO5. The van der Waals surface area contributed by atoms with Gasteiger partial charge in [0.1, 0.15) is 16.0 Å². The van der Waals surface area contributed by atoms with Crippen molar-refractivity contribution in [3.05, 3.63) is 21.7 Å². The third kappa shape index (κ3) is 3.01. The minimum Gasteiger partial charge on any atom is -0.495 e. The first-order valence-electron chi connectivity index (χ1n) is 5.70. The van der Waals surface area contributed by atoms with Crippen LogP contribution in [0.2, 0.25) is 0 Å². The predicted molar refractivity (Wildman–Crippen MR) is 73.9 cm³/mol. The summed E-state index contributed by atoms with van der Waals surface area (Å²) in [7, 11) is 2.94. The maximum atomic E-state index is 11.0. The van der Waals surface area contributed by atoms with E-state index in [1.165, 1.54) is 14.2 Å². The van der Waals surface area contributed by atoms with Crippen LogP contribution >= 0.6 is 15.9 Å². The zero-order chi connectivity index (χ0) is 14.7. The molecule has 1 atom stereocenters. The number of aliphatic hydroxyl groups excluding tert-OH is 1. The molecule has 1 aromatic carbocycles. The van der Waals surface area contributed by atoms with Gasteiger partial charge < -0.3 is 19.7 Å². The number of aliphatic carboxylic acids is 1. The van der Waals surface area contributed by atoms with Crippen LogP contribution in [-0.4, -0.2) is 30.4 Å². The van der Waals surface area contributed by atoms with Gasteiger partial charge in [-0.3, -0.25) is 0 Å².